The van der Waals surface area contributed by atoms with Gasteiger partial charge in [-0.2, -0.15) is 5.26 Å². The monoisotopic (exact) mass is 870 g/mol. The molecule has 4 heteroatoms. The normalized spacial score (nSPS) is 11.5. The summed E-state index contributed by atoms with van der Waals surface area (Å²) in [7, 11) is 0. The van der Waals surface area contributed by atoms with Crippen molar-refractivity contribution in [1.82, 2.24) is 14.1 Å². The summed E-state index contributed by atoms with van der Waals surface area (Å²) in [4.78, 5) is 5.51. The third-order valence-electron chi connectivity index (χ3n) is 13.7. The summed E-state index contributed by atoms with van der Waals surface area (Å²) in [6, 6.07) is 74.9. The Morgan fingerprint density at radius 3 is 0.985 bits per heavy atom. The molecule has 322 valence electrons. The second-order valence-electron chi connectivity index (χ2n) is 18.3. The highest BCUT2D eigenvalue weighted by atomic mass is 15.1. The van der Waals surface area contributed by atoms with Gasteiger partial charge in [-0.3, -0.25) is 4.57 Å². The first kappa shape index (κ1) is 40.7. The molecule has 0 aliphatic carbocycles. The Kier molecular flexibility index (Phi) is 9.74. The lowest BCUT2D eigenvalue weighted by atomic mass is 10.0. The molecule has 0 spiro atoms. The van der Waals surface area contributed by atoms with Gasteiger partial charge in [0.15, 0.2) is 0 Å². The quantitative estimate of drug-likeness (QED) is 0.160. The Hall–Kier alpha value is -8.78. The molecule has 0 fully saturated rings. The van der Waals surface area contributed by atoms with Crippen molar-refractivity contribution in [2.45, 2.75) is 27.7 Å². The van der Waals surface area contributed by atoms with Crippen LogP contribution in [-0.2, 0) is 0 Å². The highest BCUT2D eigenvalue weighted by molar-refractivity contribution is 6.13. The lowest BCUT2D eigenvalue weighted by Crippen LogP contribution is -2.03. The summed E-state index contributed by atoms with van der Waals surface area (Å²) in [5.74, 6) is 0.802. The highest BCUT2D eigenvalue weighted by Crippen LogP contribution is 2.42. The van der Waals surface area contributed by atoms with Gasteiger partial charge in [0, 0.05) is 27.1 Å². The highest BCUT2D eigenvalue weighted by Gasteiger charge is 2.22. The standard InChI is InChI=1S/C64H46N4/c1-40-5-15-45(16-6-40)50-25-29-54-55-30-26-51(46-17-7-41(2)8-18-46)34-60(55)67(59(54)33-50)63-39-66-64(37-58(63)49-23-13-44(38-65)14-24-49)68-61-35-52(47-19-9-42(3)10-20-47)27-31-56(61)57-32-28-53(36-62(57)68)48-21-11-43(4)12-22-48/h5-37,39H,1-4H3. The molecule has 4 nitrogen and oxygen atoms in total. The van der Waals surface area contributed by atoms with Crippen LogP contribution in [0.5, 0.6) is 0 Å². The van der Waals surface area contributed by atoms with E-state index in [1.54, 1.807) is 0 Å². The molecule has 0 unspecified atom stereocenters. The van der Waals surface area contributed by atoms with E-state index in [4.69, 9.17) is 4.98 Å². The number of nitrogens with zero attached hydrogens (tertiary/aromatic N) is 4. The fraction of sp³-hybridized carbons (Fsp3) is 0.0625. The van der Waals surface area contributed by atoms with Gasteiger partial charge in [0.25, 0.3) is 0 Å². The van der Waals surface area contributed by atoms with E-state index in [0.717, 1.165) is 111 Å². The first-order chi connectivity index (χ1) is 33.3. The molecule has 0 saturated heterocycles. The Bertz CT molecular complexity index is 3750. The molecule has 0 aliphatic heterocycles. The van der Waals surface area contributed by atoms with Crippen molar-refractivity contribution in [2.75, 3.05) is 0 Å². The van der Waals surface area contributed by atoms with E-state index in [9.17, 15) is 5.26 Å². The SMILES string of the molecule is Cc1ccc(-c2ccc3c4ccc(-c5ccc(C)cc5)cc4n(-c4cc(-c5ccc(C#N)cc5)c(-n5c6cc(-c7ccc(C)cc7)ccc6c6ccc(-c7ccc(C)cc7)cc65)cn4)c3c2)cc1. The summed E-state index contributed by atoms with van der Waals surface area (Å²) in [6.45, 7) is 8.51. The summed E-state index contributed by atoms with van der Waals surface area (Å²) < 4.78 is 4.75. The van der Waals surface area contributed by atoms with Crippen LogP contribution in [0.4, 0.5) is 0 Å². The van der Waals surface area contributed by atoms with Gasteiger partial charge in [-0.25, -0.2) is 4.98 Å². The van der Waals surface area contributed by atoms with Crippen molar-refractivity contribution in [2.24, 2.45) is 0 Å². The lowest BCUT2D eigenvalue weighted by molar-refractivity contribution is 1.06. The molecule has 0 bridgehead atoms. The van der Waals surface area contributed by atoms with Gasteiger partial charge in [0.1, 0.15) is 5.82 Å². The third kappa shape index (κ3) is 7.05. The van der Waals surface area contributed by atoms with E-state index < -0.39 is 0 Å². The van der Waals surface area contributed by atoms with Crippen molar-refractivity contribution in [3.8, 4) is 73.2 Å². The molecule has 0 atom stereocenters. The molecule has 12 rings (SSSR count). The fourth-order valence-corrected chi connectivity index (χ4v) is 9.94. The Balaban J connectivity index is 1.15. The minimum Gasteiger partial charge on any atom is -0.307 e. The number of benzene rings is 9. The molecule has 0 radical (unpaired) electrons. The number of hydrogen-bond acceptors (Lipinski definition) is 2. The molecule has 12 aromatic rings. The van der Waals surface area contributed by atoms with E-state index in [1.807, 2.05) is 12.1 Å². The van der Waals surface area contributed by atoms with Gasteiger partial charge in [-0.1, -0.05) is 180 Å². The van der Waals surface area contributed by atoms with Crippen LogP contribution in [0.1, 0.15) is 27.8 Å². The van der Waals surface area contributed by atoms with Crippen LogP contribution in [0.2, 0.25) is 0 Å². The predicted molar refractivity (Wildman–Crippen MR) is 284 cm³/mol. The number of aromatic nitrogens is 3. The van der Waals surface area contributed by atoms with Crippen LogP contribution in [0, 0.1) is 39.0 Å². The minimum absolute atomic E-state index is 0.613. The Morgan fingerprint density at radius 2 is 0.647 bits per heavy atom. The molecular weight excluding hydrogens is 825 g/mol. The van der Waals surface area contributed by atoms with Gasteiger partial charge in [0.05, 0.1) is 45.6 Å². The number of aryl methyl sites for hydroxylation is 4. The van der Waals surface area contributed by atoms with Crippen LogP contribution in [0.15, 0.2) is 206 Å². The summed E-state index contributed by atoms with van der Waals surface area (Å²) in [5, 5.41) is 14.6. The molecule has 0 aliphatic rings. The zero-order valence-corrected chi connectivity index (χ0v) is 38.4. The smallest absolute Gasteiger partial charge is 0.138 e. The van der Waals surface area contributed by atoms with Gasteiger partial charge in [-0.15, -0.1) is 0 Å². The van der Waals surface area contributed by atoms with Crippen LogP contribution < -0.4 is 0 Å². The lowest BCUT2D eigenvalue weighted by Gasteiger charge is -2.17. The van der Waals surface area contributed by atoms with Gasteiger partial charge < -0.3 is 4.57 Å². The van der Waals surface area contributed by atoms with E-state index in [1.165, 1.54) is 22.3 Å². The van der Waals surface area contributed by atoms with E-state index in [0.29, 0.717) is 5.56 Å². The Labute approximate surface area is 396 Å². The number of nitriles is 1. The average molecular weight is 871 g/mol. The van der Waals surface area contributed by atoms with Gasteiger partial charge in [0.2, 0.25) is 0 Å². The third-order valence-corrected chi connectivity index (χ3v) is 13.7. The molecule has 68 heavy (non-hydrogen) atoms. The number of fused-ring (bicyclic) bond motifs is 6. The minimum atomic E-state index is 0.613. The maximum Gasteiger partial charge on any atom is 0.138 e. The number of rotatable bonds is 7. The molecule has 0 N–H and O–H groups in total. The maximum absolute atomic E-state index is 9.95. The first-order valence-electron chi connectivity index (χ1n) is 23.2. The van der Waals surface area contributed by atoms with Gasteiger partial charge >= 0.3 is 0 Å². The first-order valence-corrected chi connectivity index (χ1v) is 23.2. The van der Waals surface area contributed by atoms with Crippen LogP contribution in [0.3, 0.4) is 0 Å². The van der Waals surface area contributed by atoms with Crippen LogP contribution in [0.25, 0.3) is 111 Å². The van der Waals surface area contributed by atoms with Gasteiger partial charge in [-0.05, 0) is 120 Å². The summed E-state index contributed by atoms with van der Waals surface area (Å²) in [6.07, 6.45) is 2.06. The zero-order chi connectivity index (χ0) is 46.0. The molecular formula is C64H46N4. The van der Waals surface area contributed by atoms with E-state index in [-0.39, 0.29) is 0 Å². The van der Waals surface area contributed by atoms with Crippen molar-refractivity contribution in [3.05, 3.63) is 234 Å². The van der Waals surface area contributed by atoms with Crippen molar-refractivity contribution in [3.63, 3.8) is 0 Å². The molecule has 0 amide bonds. The summed E-state index contributed by atoms with van der Waals surface area (Å²) in [5.41, 5.74) is 22.0. The Morgan fingerprint density at radius 1 is 0.338 bits per heavy atom. The number of hydrogen-bond donors (Lipinski definition) is 0. The molecule has 0 saturated carbocycles. The van der Waals surface area contributed by atoms with E-state index in [2.05, 4.69) is 237 Å². The van der Waals surface area contributed by atoms with Crippen molar-refractivity contribution < 1.29 is 0 Å². The fourth-order valence-electron chi connectivity index (χ4n) is 9.94. The summed E-state index contributed by atoms with van der Waals surface area (Å²) >= 11 is 0. The van der Waals surface area contributed by atoms with Crippen LogP contribution in [-0.4, -0.2) is 14.1 Å². The van der Waals surface area contributed by atoms with Crippen molar-refractivity contribution >= 4 is 43.6 Å². The second kappa shape index (κ2) is 16.3. The largest absolute Gasteiger partial charge is 0.307 e. The molecule has 3 heterocycles. The zero-order valence-electron chi connectivity index (χ0n) is 38.4. The average Bonchev–Trinajstić information content (AvgIpc) is 3.88. The topological polar surface area (TPSA) is 46.5 Å². The molecule has 3 aromatic heterocycles. The van der Waals surface area contributed by atoms with Crippen LogP contribution >= 0.6 is 0 Å². The maximum atomic E-state index is 9.95. The van der Waals surface area contributed by atoms with E-state index >= 15 is 0 Å². The number of pyridine rings is 1. The van der Waals surface area contributed by atoms with Crippen molar-refractivity contribution in [1.29, 1.82) is 5.26 Å². The predicted octanol–water partition coefficient (Wildman–Crippen LogP) is 16.7. The molecule has 9 aromatic carbocycles. The second-order valence-corrected chi connectivity index (χ2v) is 18.3.